The molecule has 6 nitrogen and oxygen atoms in total. The Morgan fingerprint density at radius 3 is 2.18 bits per heavy atom. The molecule has 0 spiro atoms. The number of amides is 3. The molecule has 0 saturated carbocycles. The number of hydrogen-bond acceptors (Lipinski definition) is 3. The molecule has 1 heterocycles. The van der Waals surface area contributed by atoms with E-state index in [9.17, 15) is 14.4 Å². The Morgan fingerprint density at radius 1 is 1.00 bits per heavy atom. The molecule has 144 valence electrons. The fourth-order valence-corrected chi connectivity index (χ4v) is 3.24. The van der Waals surface area contributed by atoms with E-state index in [1.165, 1.54) is 4.90 Å². The van der Waals surface area contributed by atoms with Crippen LogP contribution >= 0.6 is 0 Å². The van der Waals surface area contributed by atoms with Crippen LogP contribution < -0.4 is 5.32 Å². The minimum Gasteiger partial charge on any atom is -0.339 e. The molecule has 0 atom stereocenters. The highest BCUT2D eigenvalue weighted by atomic mass is 16.2. The fourth-order valence-electron chi connectivity index (χ4n) is 3.24. The third kappa shape index (κ3) is 3.67. The Balaban J connectivity index is 1.64. The highest BCUT2D eigenvalue weighted by Gasteiger charge is 2.31. The summed E-state index contributed by atoms with van der Waals surface area (Å²) in [6.45, 7) is 8.97. The molecular formula is C22H23N3O3. The number of nitrogens with zero attached hydrogens (tertiary/aromatic N) is 2. The lowest BCUT2D eigenvalue weighted by atomic mass is 10.1. The number of carbonyl (C=O) groups excluding carboxylic acids is 3. The number of fused-ring (bicyclic) bond motifs is 1. The first-order chi connectivity index (χ1) is 13.5. The van der Waals surface area contributed by atoms with Crippen molar-refractivity contribution in [3.8, 4) is 0 Å². The molecule has 0 aromatic heterocycles. The first-order valence-corrected chi connectivity index (χ1v) is 9.25. The van der Waals surface area contributed by atoms with Crippen LogP contribution in [0.3, 0.4) is 0 Å². The second-order valence-electron chi connectivity index (χ2n) is 6.49. The standard InChI is InChI=1S/C22H23N3O3/c1-4-24(5-2)21(27)16-10-12-17(13-11-16)23-20(26)14-25-15(3)18-8-6-7-9-19(18)22(25)28/h6-13H,3-5,14H2,1-2H3,(H,23,26). The van der Waals surface area contributed by atoms with Gasteiger partial charge in [0.2, 0.25) is 5.91 Å². The average Bonchev–Trinajstić information content (AvgIpc) is 2.94. The molecule has 3 amide bonds. The number of anilines is 1. The molecule has 0 radical (unpaired) electrons. The van der Waals surface area contributed by atoms with Crippen LogP contribution in [0.4, 0.5) is 5.69 Å². The van der Waals surface area contributed by atoms with Gasteiger partial charge in [0.25, 0.3) is 11.8 Å². The number of nitrogens with one attached hydrogen (secondary N) is 1. The monoisotopic (exact) mass is 377 g/mol. The quantitative estimate of drug-likeness (QED) is 0.840. The zero-order chi connectivity index (χ0) is 20.3. The molecule has 3 rings (SSSR count). The molecule has 0 saturated heterocycles. The van der Waals surface area contributed by atoms with E-state index in [4.69, 9.17) is 0 Å². The van der Waals surface area contributed by atoms with Gasteiger partial charge >= 0.3 is 0 Å². The van der Waals surface area contributed by atoms with Crippen LogP contribution in [0.25, 0.3) is 5.70 Å². The van der Waals surface area contributed by atoms with Gasteiger partial charge in [-0.05, 0) is 44.2 Å². The molecule has 2 aromatic carbocycles. The Kier molecular flexibility index (Phi) is 5.59. The molecule has 0 fully saturated rings. The predicted molar refractivity (Wildman–Crippen MR) is 109 cm³/mol. The maximum Gasteiger partial charge on any atom is 0.259 e. The molecular weight excluding hydrogens is 354 g/mol. The van der Waals surface area contributed by atoms with Gasteiger partial charge in [0.1, 0.15) is 6.54 Å². The van der Waals surface area contributed by atoms with Crippen molar-refractivity contribution in [1.82, 2.24) is 9.80 Å². The van der Waals surface area contributed by atoms with Crippen molar-refractivity contribution in [2.75, 3.05) is 25.0 Å². The zero-order valence-corrected chi connectivity index (χ0v) is 16.1. The van der Waals surface area contributed by atoms with E-state index in [-0.39, 0.29) is 24.3 Å². The SMILES string of the molecule is C=C1c2ccccc2C(=O)N1CC(=O)Nc1ccc(C(=O)N(CC)CC)cc1. The van der Waals surface area contributed by atoms with E-state index in [0.29, 0.717) is 35.6 Å². The Bertz CT molecular complexity index is 895. The van der Waals surface area contributed by atoms with Crippen molar-refractivity contribution < 1.29 is 14.4 Å². The molecule has 2 aromatic rings. The number of carbonyl (C=O) groups is 3. The van der Waals surface area contributed by atoms with Crippen molar-refractivity contribution in [3.05, 3.63) is 71.8 Å². The van der Waals surface area contributed by atoms with Crippen molar-refractivity contribution in [3.63, 3.8) is 0 Å². The fraction of sp³-hybridized carbons (Fsp3) is 0.227. The lowest BCUT2D eigenvalue weighted by molar-refractivity contribution is -0.116. The summed E-state index contributed by atoms with van der Waals surface area (Å²) in [5.74, 6) is -0.597. The van der Waals surface area contributed by atoms with Gasteiger partial charge < -0.3 is 10.2 Å². The van der Waals surface area contributed by atoms with E-state index in [2.05, 4.69) is 11.9 Å². The highest BCUT2D eigenvalue weighted by molar-refractivity contribution is 6.11. The summed E-state index contributed by atoms with van der Waals surface area (Å²) in [6, 6.07) is 13.9. The molecule has 1 aliphatic rings. The van der Waals surface area contributed by atoms with E-state index >= 15 is 0 Å². The van der Waals surface area contributed by atoms with E-state index in [1.54, 1.807) is 41.3 Å². The first kappa shape index (κ1) is 19.4. The molecule has 1 aliphatic heterocycles. The Hall–Kier alpha value is -3.41. The third-order valence-electron chi connectivity index (χ3n) is 4.81. The lowest BCUT2D eigenvalue weighted by Gasteiger charge is -2.19. The number of benzene rings is 2. The van der Waals surface area contributed by atoms with Crippen molar-refractivity contribution in [2.24, 2.45) is 0 Å². The summed E-state index contributed by atoms with van der Waals surface area (Å²) in [4.78, 5) is 40.3. The summed E-state index contributed by atoms with van der Waals surface area (Å²) >= 11 is 0. The van der Waals surface area contributed by atoms with E-state index in [0.717, 1.165) is 5.56 Å². The summed E-state index contributed by atoms with van der Waals surface area (Å²) in [5, 5.41) is 2.76. The maximum absolute atomic E-state index is 12.5. The van der Waals surface area contributed by atoms with Gasteiger partial charge in [-0.3, -0.25) is 19.3 Å². The van der Waals surface area contributed by atoms with Crippen molar-refractivity contribution in [2.45, 2.75) is 13.8 Å². The molecule has 0 aliphatic carbocycles. The second-order valence-corrected chi connectivity index (χ2v) is 6.49. The first-order valence-electron chi connectivity index (χ1n) is 9.25. The van der Waals surface area contributed by atoms with Gasteiger partial charge in [0.15, 0.2) is 0 Å². The largest absolute Gasteiger partial charge is 0.339 e. The Morgan fingerprint density at radius 2 is 1.61 bits per heavy atom. The molecule has 0 unspecified atom stereocenters. The number of rotatable bonds is 6. The number of hydrogen-bond donors (Lipinski definition) is 1. The van der Waals surface area contributed by atoms with E-state index < -0.39 is 0 Å². The second kappa shape index (κ2) is 8.08. The van der Waals surface area contributed by atoms with Gasteiger partial charge in [0.05, 0.1) is 0 Å². The summed E-state index contributed by atoms with van der Waals surface area (Å²) in [5.41, 5.74) is 2.96. The van der Waals surface area contributed by atoms with Crippen LogP contribution in [0.2, 0.25) is 0 Å². The van der Waals surface area contributed by atoms with Crippen LogP contribution in [0.1, 0.15) is 40.1 Å². The van der Waals surface area contributed by atoms with Crippen LogP contribution in [-0.4, -0.2) is 47.2 Å². The van der Waals surface area contributed by atoms with Gasteiger partial charge in [-0.15, -0.1) is 0 Å². The summed E-state index contributed by atoms with van der Waals surface area (Å²) in [7, 11) is 0. The molecule has 0 bridgehead atoms. The van der Waals surface area contributed by atoms with E-state index in [1.807, 2.05) is 26.0 Å². The van der Waals surface area contributed by atoms with Crippen LogP contribution in [-0.2, 0) is 4.79 Å². The molecule has 1 N–H and O–H groups in total. The topological polar surface area (TPSA) is 69.7 Å². The van der Waals surface area contributed by atoms with Crippen molar-refractivity contribution in [1.29, 1.82) is 0 Å². The van der Waals surface area contributed by atoms with Crippen LogP contribution in [0.15, 0.2) is 55.1 Å². The lowest BCUT2D eigenvalue weighted by Crippen LogP contribution is -2.32. The molecule has 28 heavy (non-hydrogen) atoms. The minimum absolute atomic E-state index is 0.0420. The van der Waals surface area contributed by atoms with Gasteiger partial charge in [-0.1, -0.05) is 24.8 Å². The predicted octanol–water partition coefficient (Wildman–Crippen LogP) is 3.23. The highest BCUT2D eigenvalue weighted by Crippen LogP contribution is 2.30. The van der Waals surface area contributed by atoms with Crippen LogP contribution in [0, 0.1) is 0 Å². The maximum atomic E-state index is 12.5. The van der Waals surface area contributed by atoms with Gasteiger partial charge in [0, 0.05) is 41.2 Å². The summed E-state index contributed by atoms with van der Waals surface area (Å²) < 4.78 is 0. The normalized spacial score (nSPS) is 12.7. The van der Waals surface area contributed by atoms with Gasteiger partial charge in [-0.2, -0.15) is 0 Å². The van der Waals surface area contributed by atoms with Crippen molar-refractivity contribution >= 4 is 29.1 Å². The van der Waals surface area contributed by atoms with Crippen LogP contribution in [0.5, 0.6) is 0 Å². The minimum atomic E-state index is -0.329. The van der Waals surface area contributed by atoms with Gasteiger partial charge in [-0.25, -0.2) is 0 Å². The third-order valence-corrected chi connectivity index (χ3v) is 4.81. The average molecular weight is 377 g/mol. The smallest absolute Gasteiger partial charge is 0.259 e. The Labute approximate surface area is 164 Å². The summed E-state index contributed by atoms with van der Waals surface area (Å²) in [6.07, 6.45) is 0. The zero-order valence-electron chi connectivity index (χ0n) is 16.1. The molecule has 6 heteroatoms.